The summed E-state index contributed by atoms with van der Waals surface area (Å²) in [7, 11) is 1.80. The summed E-state index contributed by atoms with van der Waals surface area (Å²) in [6.07, 6.45) is 2.36. The van der Waals surface area contributed by atoms with Gasteiger partial charge >= 0.3 is 0 Å². The lowest BCUT2D eigenvalue weighted by Crippen LogP contribution is -2.33. The minimum Gasteiger partial charge on any atom is -0.339 e. The molecule has 0 bridgehead atoms. The number of aromatic nitrogens is 1. The maximum absolute atomic E-state index is 12.0. The molecule has 0 aromatic carbocycles. The van der Waals surface area contributed by atoms with Gasteiger partial charge in [0, 0.05) is 37.0 Å². The molecule has 0 atom stereocenters. The molecule has 88 valence electrons. The lowest BCUT2D eigenvalue weighted by atomic mass is 10.1. The molecule has 0 saturated heterocycles. The molecule has 2 N–H and O–H groups in total. The molecule has 1 rings (SSSR count). The SMILES string of the molecule is CC(C)N(C)C(=O)c1ccnc(CCN)c1. The van der Waals surface area contributed by atoms with Crippen LogP contribution in [0.5, 0.6) is 0 Å². The molecule has 0 aliphatic carbocycles. The minimum absolute atomic E-state index is 0.0238. The molecule has 0 aliphatic rings. The molecule has 1 heterocycles. The van der Waals surface area contributed by atoms with Crippen LogP contribution in [0.1, 0.15) is 29.9 Å². The molecular formula is C12H19N3O. The van der Waals surface area contributed by atoms with Crippen molar-refractivity contribution in [1.29, 1.82) is 0 Å². The van der Waals surface area contributed by atoms with Gasteiger partial charge in [0.1, 0.15) is 0 Å². The topological polar surface area (TPSA) is 59.2 Å². The second-order valence-electron chi connectivity index (χ2n) is 4.08. The highest BCUT2D eigenvalue weighted by Gasteiger charge is 2.14. The normalized spacial score (nSPS) is 10.6. The minimum atomic E-state index is 0.0238. The molecule has 16 heavy (non-hydrogen) atoms. The summed E-state index contributed by atoms with van der Waals surface area (Å²) in [5, 5.41) is 0. The average Bonchev–Trinajstić information content (AvgIpc) is 2.28. The summed E-state index contributed by atoms with van der Waals surface area (Å²) < 4.78 is 0. The first-order valence-corrected chi connectivity index (χ1v) is 5.48. The van der Waals surface area contributed by atoms with Crippen LogP contribution in [0.15, 0.2) is 18.3 Å². The van der Waals surface area contributed by atoms with Crippen LogP contribution in [0.2, 0.25) is 0 Å². The zero-order valence-electron chi connectivity index (χ0n) is 10.1. The quantitative estimate of drug-likeness (QED) is 0.827. The van der Waals surface area contributed by atoms with Gasteiger partial charge in [-0.3, -0.25) is 9.78 Å². The summed E-state index contributed by atoms with van der Waals surface area (Å²) >= 11 is 0. The van der Waals surface area contributed by atoms with Gasteiger partial charge in [-0.2, -0.15) is 0 Å². The fourth-order valence-corrected chi connectivity index (χ4v) is 1.33. The van der Waals surface area contributed by atoms with Crippen molar-refractivity contribution >= 4 is 5.91 Å². The number of amides is 1. The number of pyridine rings is 1. The first-order chi connectivity index (χ1) is 7.56. The Kier molecular flexibility index (Phi) is 4.43. The predicted molar refractivity (Wildman–Crippen MR) is 64.2 cm³/mol. The van der Waals surface area contributed by atoms with Crippen LogP contribution < -0.4 is 5.73 Å². The summed E-state index contributed by atoms with van der Waals surface area (Å²) in [5.41, 5.74) is 7.00. The summed E-state index contributed by atoms with van der Waals surface area (Å²) in [6.45, 7) is 4.52. The van der Waals surface area contributed by atoms with Gasteiger partial charge in [-0.05, 0) is 32.5 Å². The van der Waals surface area contributed by atoms with E-state index in [1.54, 1.807) is 24.2 Å². The second kappa shape index (κ2) is 5.61. The fraction of sp³-hybridized carbons (Fsp3) is 0.500. The standard InChI is InChI=1S/C12H19N3O/c1-9(2)15(3)12(16)10-5-7-14-11(8-10)4-6-13/h5,7-9H,4,6,13H2,1-3H3. The third-order valence-corrected chi connectivity index (χ3v) is 2.56. The maximum Gasteiger partial charge on any atom is 0.253 e. The van der Waals surface area contributed by atoms with E-state index in [0.29, 0.717) is 18.5 Å². The first-order valence-electron chi connectivity index (χ1n) is 5.48. The highest BCUT2D eigenvalue weighted by atomic mass is 16.2. The molecule has 1 aromatic rings. The van der Waals surface area contributed by atoms with Gasteiger partial charge < -0.3 is 10.6 Å². The Hall–Kier alpha value is -1.42. The average molecular weight is 221 g/mol. The number of rotatable bonds is 4. The molecule has 0 fully saturated rings. The Labute approximate surface area is 96.5 Å². The van der Waals surface area contributed by atoms with E-state index in [9.17, 15) is 4.79 Å². The van der Waals surface area contributed by atoms with Crippen LogP contribution in [0.3, 0.4) is 0 Å². The van der Waals surface area contributed by atoms with Gasteiger partial charge in [-0.25, -0.2) is 0 Å². The summed E-state index contributed by atoms with van der Waals surface area (Å²) in [6, 6.07) is 3.74. The monoisotopic (exact) mass is 221 g/mol. The van der Waals surface area contributed by atoms with Crippen molar-refractivity contribution in [3.8, 4) is 0 Å². The Morgan fingerprint density at radius 1 is 1.56 bits per heavy atom. The third-order valence-electron chi connectivity index (χ3n) is 2.56. The highest BCUT2D eigenvalue weighted by Crippen LogP contribution is 2.07. The lowest BCUT2D eigenvalue weighted by molar-refractivity contribution is 0.0754. The smallest absolute Gasteiger partial charge is 0.253 e. The fourth-order valence-electron chi connectivity index (χ4n) is 1.33. The van der Waals surface area contributed by atoms with E-state index in [2.05, 4.69) is 4.98 Å². The number of carbonyl (C=O) groups excluding carboxylic acids is 1. The van der Waals surface area contributed by atoms with Crippen LogP contribution >= 0.6 is 0 Å². The molecule has 0 saturated carbocycles. The number of nitrogens with zero attached hydrogens (tertiary/aromatic N) is 2. The molecule has 0 spiro atoms. The van der Waals surface area contributed by atoms with Crippen molar-refractivity contribution in [1.82, 2.24) is 9.88 Å². The lowest BCUT2D eigenvalue weighted by Gasteiger charge is -2.21. The zero-order chi connectivity index (χ0) is 12.1. The number of hydrogen-bond donors (Lipinski definition) is 1. The van der Waals surface area contributed by atoms with Crippen LogP contribution in [0, 0.1) is 0 Å². The Balaban J connectivity index is 2.87. The van der Waals surface area contributed by atoms with E-state index in [1.807, 2.05) is 19.9 Å². The molecule has 0 radical (unpaired) electrons. The Morgan fingerprint density at radius 2 is 2.25 bits per heavy atom. The van der Waals surface area contributed by atoms with Gasteiger partial charge in [-0.15, -0.1) is 0 Å². The van der Waals surface area contributed by atoms with Crippen molar-refractivity contribution in [2.45, 2.75) is 26.3 Å². The van der Waals surface area contributed by atoms with E-state index in [-0.39, 0.29) is 11.9 Å². The third kappa shape index (κ3) is 3.03. The predicted octanol–water partition coefficient (Wildman–Crippen LogP) is 1.06. The van der Waals surface area contributed by atoms with Crippen molar-refractivity contribution in [3.05, 3.63) is 29.6 Å². The van der Waals surface area contributed by atoms with E-state index in [0.717, 1.165) is 5.69 Å². The number of nitrogens with two attached hydrogens (primary N) is 1. The van der Waals surface area contributed by atoms with E-state index in [1.165, 1.54) is 0 Å². The highest BCUT2D eigenvalue weighted by molar-refractivity contribution is 5.94. The number of carbonyl (C=O) groups is 1. The van der Waals surface area contributed by atoms with Crippen molar-refractivity contribution in [2.24, 2.45) is 5.73 Å². The van der Waals surface area contributed by atoms with E-state index < -0.39 is 0 Å². The van der Waals surface area contributed by atoms with Crippen LogP contribution in [-0.2, 0) is 6.42 Å². The molecule has 1 aromatic heterocycles. The molecule has 1 amide bonds. The summed E-state index contributed by atoms with van der Waals surface area (Å²) in [5.74, 6) is 0.0238. The van der Waals surface area contributed by atoms with Crippen molar-refractivity contribution < 1.29 is 4.79 Å². The van der Waals surface area contributed by atoms with Crippen molar-refractivity contribution in [3.63, 3.8) is 0 Å². The second-order valence-corrected chi connectivity index (χ2v) is 4.08. The zero-order valence-corrected chi connectivity index (χ0v) is 10.1. The van der Waals surface area contributed by atoms with Gasteiger partial charge in [0.25, 0.3) is 5.91 Å². The Bertz CT molecular complexity index is 363. The van der Waals surface area contributed by atoms with E-state index in [4.69, 9.17) is 5.73 Å². The van der Waals surface area contributed by atoms with Gasteiger partial charge in [0.15, 0.2) is 0 Å². The van der Waals surface area contributed by atoms with Crippen LogP contribution in [0.4, 0.5) is 0 Å². The maximum atomic E-state index is 12.0. The number of hydrogen-bond acceptors (Lipinski definition) is 3. The van der Waals surface area contributed by atoms with E-state index >= 15 is 0 Å². The molecular weight excluding hydrogens is 202 g/mol. The van der Waals surface area contributed by atoms with Crippen LogP contribution in [0.25, 0.3) is 0 Å². The summed E-state index contributed by atoms with van der Waals surface area (Å²) in [4.78, 5) is 17.9. The molecule has 4 heteroatoms. The molecule has 0 aliphatic heterocycles. The van der Waals surface area contributed by atoms with Gasteiger partial charge in [-0.1, -0.05) is 0 Å². The molecule has 4 nitrogen and oxygen atoms in total. The Morgan fingerprint density at radius 3 is 2.81 bits per heavy atom. The molecule has 0 unspecified atom stereocenters. The van der Waals surface area contributed by atoms with Crippen molar-refractivity contribution in [2.75, 3.05) is 13.6 Å². The first kappa shape index (κ1) is 12.6. The largest absolute Gasteiger partial charge is 0.339 e. The van der Waals surface area contributed by atoms with Gasteiger partial charge in [0.05, 0.1) is 0 Å². The van der Waals surface area contributed by atoms with Crippen LogP contribution in [-0.4, -0.2) is 35.4 Å². The van der Waals surface area contributed by atoms with Gasteiger partial charge in [0.2, 0.25) is 0 Å².